The predicted molar refractivity (Wildman–Crippen MR) is 59.9 cm³/mol. The van der Waals surface area contributed by atoms with Crippen LogP contribution in [-0.4, -0.2) is 42.4 Å². The highest BCUT2D eigenvalue weighted by atomic mass is 16.5. The fraction of sp³-hybridized carbons (Fsp3) is 0.667. The summed E-state index contributed by atoms with van der Waals surface area (Å²) in [6.45, 7) is 0.714. The number of methoxy groups -OCH3 is 1. The highest BCUT2D eigenvalue weighted by Crippen LogP contribution is 2.39. The van der Waals surface area contributed by atoms with Crippen LogP contribution in [-0.2, 0) is 4.74 Å². The molecule has 2 bridgehead atoms. The average molecular weight is 236 g/mol. The molecule has 1 aliphatic carbocycles. The summed E-state index contributed by atoms with van der Waals surface area (Å²) >= 11 is 0. The molecule has 17 heavy (non-hydrogen) atoms. The molecular formula is C12H16N2O3. The third-order valence-corrected chi connectivity index (χ3v) is 3.61. The molecule has 0 aromatic heterocycles. The first kappa shape index (κ1) is 11.9. The van der Waals surface area contributed by atoms with Gasteiger partial charge in [-0.2, -0.15) is 5.26 Å². The average Bonchev–Trinajstić information content (AvgIpc) is 2.38. The van der Waals surface area contributed by atoms with Crippen molar-refractivity contribution >= 4 is 6.09 Å². The van der Waals surface area contributed by atoms with Crippen LogP contribution in [0.25, 0.3) is 0 Å². The molecule has 5 heteroatoms. The van der Waals surface area contributed by atoms with Gasteiger partial charge < -0.3 is 9.84 Å². The van der Waals surface area contributed by atoms with Gasteiger partial charge in [-0.25, -0.2) is 4.79 Å². The summed E-state index contributed by atoms with van der Waals surface area (Å²) in [5.74, 6) is 0.0335. The molecule has 5 nitrogen and oxygen atoms in total. The van der Waals surface area contributed by atoms with Gasteiger partial charge in [0.2, 0.25) is 0 Å². The summed E-state index contributed by atoms with van der Waals surface area (Å²) in [6.07, 6.45) is 2.99. The van der Waals surface area contributed by atoms with Gasteiger partial charge in [-0.1, -0.05) is 11.6 Å². The molecule has 3 rings (SSSR count). The van der Waals surface area contributed by atoms with Gasteiger partial charge in [0.05, 0.1) is 25.1 Å². The van der Waals surface area contributed by atoms with E-state index in [1.807, 2.05) is 6.08 Å². The van der Waals surface area contributed by atoms with Gasteiger partial charge in [-0.15, -0.1) is 0 Å². The van der Waals surface area contributed by atoms with Crippen LogP contribution in [0.15, 0.2) is 11.6 Å². The van der Waals surface area contributed by atoms with Crippen LogP contribution in [0.2, 0.25) is 0 Å². The van der Waals surface area contributed by atoms with Crippen molar-refractivity contribution in [3.63, 3.8) is 0 Å². The molecule has 0 spiro atoms. The van der Waals surface area contributed by atoms with Gasteiger partial charge in [0.15, 0.2) is 0 Å². The minimum absolute atomic E-state index is 0.116. The normalized spacial score (nSPS) is 30.8. The first-order valence-corrected chi connectivity index (χ1v) is 5.77. The number of carbonyl (C=O) groups is 1. The summed E-state index contributed by atoms with van der Waals surface area (Å²) in [6, 6.07) is 2.06. The van der Waals surface area contributed by atoms with Crippen molar-refractivity contribution in [1.82, 2.24) is 4.90 Å². The summed E-state index contributed by atoms with van der Waals surface area (Å²) in [4.78, 5) is 13.2. The molecule has 0 unspecified atom stereocenters. The van der Waals surface area contributed by atoms with Gasteiger partial charge in [0.25, 0.3) is 0 Å². The molecule has 3 atom stereocenters. The fourth-order valence-electron chi connectivity index (χ4n) is 2.79. The lowest BCUT2D eigenvalue weighted by Crippen LogP contribution is -2.54. The van der Waals surface area contributed by atoms with E-state index in [-0.39, 0.29) is 30.6 Å². The minimum atomic E-state index is -0.376. The number of piperidine rings is 1. The van der Waals surface area contributed by atoms with Crippen LogP contribution >= 0.6 is 0 Å². The zero-order valence-corrected chi connectivity index (χ0v) is 9.80. The number of hydrogen-bond acceptors (Lipinski definition) is 4. The number of aliphatic hydroxyl groups excluding tert-OH is 1. The lowest BCUT2D eigenvalue weighted by atomic mass is 9.73. The highest BCUT2D eigenvalue weighted by molar-refractivity contribution is 5.69. The quantitative estimate of drug-likeness (QED) is 0.723. The van der Waals surface area contributed by atoms with Crippen LogP contribution in [0, 0.1) is 23.2 Å². The Morgan fingerprint density at radius 3 is 3.06 bits per heavy atom. The molecule has 0 aromatic carbocycles. The van der Waals surface area contributed by atoms with Gasteiger partial charge in [-0.05, 0) is 18.8 Å². The summed E-state index contributed by atoms with van der Waals surface area (Å²) in [7, 11) is 1.35. The van der Waals surface area contributed by atoms with Crippen LogP contribution in [0.1, 0.15) is 12.8 Å². The monoisotopic (exact) mass is 236 g/mol. The number of aliphatic hydroxyl groups is 1. The van der Waals surface area contributed by atoms with Crippen LogP contribution in [0.5, 0.6) is 0 Å². The van der Waals surface area contributed by atoms with Gasteiger partial charge in [-0.3, -0.25) is 4.90 Å². The Morgan fingerprint density at radius 2 is 2.53 bits per heavy atom. The molecule has 0 saturated carbocycles. The number of hydrogen-bond donors (Lipinski definition) is 1. The minimum Gasteiger partial charge on any atom is -0.453 e. The lowest BCUT2D eigenvalue weighted by Gasteiger charge is -2.45. The third-order valence-electron chi connectivity index (χ3n) is 3.61. The van der Waals surface area contributed by atoms with Crippen molar-refractivity contribution in [2.24, 2.45) is 11.8 Å². The Bertz CT molecular complexity index is 386. The van der Waals surface area contributed by atoms with E-state index in [2.05, 4.69) is 6.07 Å². The second-order valence-corrected chi connectivity index (χ2v) is 4.50. The van der Waals surface area contributed by atoms with Crippen molar-refractivity contribution in [1.29, 1.82) is 5.26 Å². The van der Waals surface area contributed by atoms with E-state index in [0.717, 1.165) is 6.42 Å². The van der Waals surface area contributed by atoms with E-state index >= 15 is 0 Å². The maximum Gasteiger partial charge on any atom is 0.410 e. The smallest absolute Gasteiger partial charge is 0.410 e. The largest absolute Gasteiger partial charge is 0.453 e. The van der Waals surface area contributed by atoms with E-state index in [0.29, 0.717) is 13.0 Å². The van der Waals surface area contributed by atoms with E-state index in [4.69, 9.17) is 15.1 Å². The summed E-state index contributed by atoms with van der Waals surface area (Å²) in [5.41, 5.74) is 1.17. The topological polar surface area (TPSA) is 73.6 Å². The first-order valence-electron chi connectivity index (χ1n) is 5.77. The summed E-state index contributed by atoms with van der Waals surface area (Å²) < 4.78 is 4.73. The van der Waals surface area contributed by atoms with E-state index < -0.39 is 0 Å². The Balaban J connectivity index is 2.24. The predicted octanol–water partition coefficient (Wildman–Crippen LogP) is 0.905. The summed E-state index contributed by atoms with van der Waals surface area (Å²) in [5, 5.41) is 18.1. The second kappa shape index (κ2) is 4.76. The molecular weight excluding hydrogens is 220 g/mol. The molecule has 0 radical (unpaired) electrons. The fourth-order valence-corrected chi connectivity index (χ4v) is 2.79. The molecule has 92 valence electrons. The molecule has 3 aliphatic rings. The second-order valence-electron chi connectivity index (χ2n) is 4.50. The molecule has 2 heterocycles. The number of fused-ring (bicyclic) bond motifs is 2. The first-order chi connectivity index (χ1) is 8.21. The molecule has 0 aromatic rings. The van der Waals surface area contributed by atoms with Crippen molar-refractivity contribution < 1.29 is 14.6 Å². The van der Waals surface area contributed by atoms with E-state index in [1.54, 1.807) is 4.90 Å². The molecule has 1 fully saturated rings. The van der Waals surface area contributed by atoms with Gasteiger partial charge >= 0.3 is 6.09 Å². The maximum atomic E-state index is 11.6. The van der Waals surface area contributed by atoms with Crippen molar-refractivity contribution in [2.75, 3.05) is 20.3 Å². The van der Waals surface area contributed by atoms with Crippen molar-refractivity contribution in [3.05, 3.63) is 11.6 Å². The van der Waals surface area contributed by atoms with E-state index in [9.17, 15) is 4.79 Å². The number of rotatable bonds is 2. The molecule has 1 amide bonds. The molecule has 1 saturated heterocycles. The highest BCUT2D eigenvalue weighted by Gasteiger charge is 2.43. The zero-order valence-electron chi connectivity index (χ0n) is 9.80. The van der Waals surface area contributed by atoms with E-state index in [1.165, 1.54) is 12.7 Å². The Hall–Kier alpha value is -1.54. The Morgan fingerprint density at radius 1 is 1.76 bits per heavy atom. The number of ether oxygens (including phenoxy) is 1. The number of nitriles is 1. The molecule has 1 N–H and O–H groups in total. The van der Waals surface area contributed by atoms with Gasteiger partial charge in [0.1, 0.15) is 0 Å². The third kappa shape index (κ3) is 2.01. The SMILES string of the molecule is COC(=O)N1C[C@@H]2C[C@H](C#N)[C@H]1C=C2CCO. The zero-order chi connectivity index (χ0) is 12.4. The van der Waals surface area contributed by atoms with Crippen LogP contribution in [0.3, 0.4) is 0 Å². The number of carbonyl (C=O) groups excluding carboxylic acids is 1. The molecule has 2 aliphatic heterocycles. The number of nitrogens with zero attached hydrogens (tertiary/aromatic N) is 2. The van der Waals surface area contributed by atoms with Gasteiger partial charge in [0, 0.05) is 13.2 Å². The van der Waals surface area contributed by atoms with Crippen molar-refractivity contribution in [3.8, 4) is 6.07 Å². The lowest BCUT2D eigenvalue weighted by molar-refractivity contribution is 0.0680. The Labute approximate surface area is 100 Å². The standard InChI is InChI=1S/C12H16N2O3/c1-17-12(16)14-7-10-4-9(6-13)11(14)5-8(10)2-3-15/h5,9-11,15H,2-4,7H2,1H3/t9-,10+,11-/m1/s1. The van der Waals surface area contributed by atoms with Crippen molar-refractivity contribution in [2.45, 2.75) is 18.9 Å². The Kier molecular flexibility index (Phi) is 3.34. The maximum absolute atomic E-state index is 11.6. The number of amides is 1. The van der Waals surface area contributed by atoms with Crippen LogP contribution in [0.4, 0.5) is 4.79 Å². The van der Waals surface area contributed by atoms with Crippen LogP contribution < -0.4 is 0 Å².